The maximum atomic E-state index is 10.6. The van der Waals surface area contributed by atoms with Crippen molar-refractivity contribution in [2.45, 2.75) is 6.61 Å². The molecule has 0 heterocycles. The van der Waals surface area contributed by atoms with Crippen molar-refractivity contribution in [3.8, 4) is 0 Å². The van der Waals surface area contributed by atoms with Gasteiger partial charge in [0.2, 0.25) is 0 Å². The fourth-order valence-electron chi connectivity index (χ4n) is 0.989. The van der Waals surface area contributed by atoms with Crippen LogP contribution in [0.2, 0.25) is 0 Å². The predicted octanol–water partition coefficient (Wildman–Crippen LogP) is 1.43. The number of hydrogen-bond acceptors (Lipinski definition) is 2. The third kappa shape index (κ3) is 1.83. The van der Waals surface area contributed by atoms with Gasteiger partial charge in [-0.25, -0.2) is 9.64 Å². The average Bonchev–Trinajstić information content (AvgIpc) is 2.16. The number of aliphatic hydroxyl groups is 1. The molecule has 1 aromatic rings. The van der Waals surface area contributed by atoms with E-state index in [9.17, 15) is 4.79 Å². The molecule has 0 bridgehead atoms. The van der Waals surface area contributed by atoms with Gasteiger partial charge in [-0.3, -0.25) is 0 Å². The number of benzene rings is 1. The van der Waals surface area contributed by atoms with Gasteiger partial charge in [-0.15, -0.1) is 0 Å². The van der Waals surface area contributed by atoms with E-state index in [0.717, 1.165) is 0 Å². The van der Waals surface area contributed by atoms with E-state index in [4.69, 9.17) is 16.8 Å². The number of hydrogen-bond donors (Lipinski definition) is 2. The molecule has 0 saturated carbocycles. The van der Waals surface area contributed by atoms with Crippen molar-refractivity contribution in [3.05, 3.63) is 40.7 Å². The second-order valence-corrected chi connectivity index (χ2v) is 2.42. The van der Waals surface area contributed by atoms with Gasteiger partial charge < -0.3 is 10.2 Å². The number of aliphatic hydroxyl groups excluding tert-OH is 1. The number of carbonyl (C=O) groups is 1. The number of carboxylic acid groups (broad SMARTS) is 1. The molecule has 0 saturated heterocycles. The highest BCUT2D eigenvalue weighted by Gasteiger charge is 2.09. The van der Waals surface area contributed by atoms with Crippen LogP contribution in [0.3, 0.4) is 0 Å². The van der Waals surface area contributed by atoms with Crippen LogP contribution in [0.4, 0.5) is 5.69 Å². The first-order valence-corrected chi connectivity index (χ1v) is 3.53. The lowest BCUT2D eigenvalue weighted by Gasteiger charge is -2.02. The van der Waals surface area contributed by atoms with Crippen LogP contribution < -0.4 is 0 Å². The molecule has 0 fully saturated rings. The summed E-state index contributed by atoms with van der Waals surface area (Å²) >= 11 is 0. The van der Waals surface area contributed by atoms with Crippen LogP contribution in [0, 0.1) is 6.57 Å². The molecule has 66 valence electrons. The molecule has 0 aromatic heterocycles. The van der Waals surface area contributed by atoms with Gasteiger partial charge in [0.25, 0.3) is 0 Å². The molecule has 0 atom stereocenters. The summed E-state index contributed by atoms with van der Waals surface area (Å²) in [5, 5.41) is 17.5. The molecule has 13 heavy (non-hydrogen) atoms. The maximum Gasteiger partial charge on any atom is 0.335 e. The van der Waals surface area contributed by atoms with Crippen molar-refractivity contribution in [1.29, 1.82) is 0 Å². The van der Waals surface area contributed by atoms with E-state index in [0.29, 0.717) is 5.69 Å². The Morgan fingerprint density at radius 2 is 2.23 bits per heavy atom. The van der Waals surface area contributed by atoms with Gasteiger partial charge in [0, 0.05) is 0 Å². The Morgan fingerprint density at radius 1 is 1.54 bits per heavy atom. The lowest BCUT2D eigenvalue weighted by Crippen LogP contribution is -2.01. The molecule has 0 aliphatic rings. The van der Waals surface area contributed by atoms with E-state index in [1.54, 1.807) is 0 Å². The van der Waals surface area contributed by atoms with Crippen molar-refractivity contribution in [3.63, 3.8) is 0 Å². The Labute approximate surface area is 74.9 Å². The zero-order valence-corrected chi connectivity index (χ0v) is 6.69. The van der Waals surface area contributed by atoms with Crippen molar-refractivity contribution >= 4 is 11.7 Å². The summed E-state index contributed by atoms with van der Waals surface area (Å²) < 4.78 is 0. The number of nitrogens with zero attached hydrogens (tertiary/aromatic N) is 1. The second-order valence-electron chi connectivity index (χ2n) is 2.42. The molecular weight excluding hydrogens is 170 g/mol. The predicted molar refractivity (Wildman–Crippen MR) is 45.6 cm³/mol. The molecule has 4 heteroatoms. The zero-order chi connectivity index (χ0) is 9.84. The lowest BCUT2D eigenvalue weighted by molar-refractivity contribution is 0.0693. The minimum absolute atomic E-state index is 0.0369. The number of rotatable bonds is 2. The first-order chi connectivity index (χ1) is 6.19. The van der Waals surface area contributed by atoms with Crippen LogP contribution >= 0.6 is 0 Å². The number of aromatic carboxylic acids is 1. The van der Waals surface area contributed by atoms with E-state index in [-0.39, 0.29) is 17.7 Å². The van der Waals surface area contributed by atoms with Crippen LogP contribution in [0.25, 0.3) is 4.85 Å². The van der Waals surface area contributed by atoms with E-state index >= 15 is 0 Å². The highest BCUT2D eigenvalue weighted by atomic mass is 16.4. The van der Waals surface area contributed by atoms with Crippen molar-refractivity contribution < 1.29 is 15.0 Å². The topological polar surface area (TPSA) is 61.9 Å². The third-order valence-corrected chi connectivity index (χ3v) is 1.62. The minimum Gasteiger partial charge on any atom is -0.478 e. The molecule has 4 nitrogen and oxygen atoms in total. The zero-order valence-electron chi connectivity index (χ0n) is 6.69. The monoisotopic (exact) mass is 177 g/mol. The molecular formula is C9H7NO3. The van der Waals surface area contributed by atoms with Crippen LogP contribution in [-0.2, 0) is 6.61 Å². The van der Waals surface area contributed by atoms with Crippen LogP contribution in [0.1, 0.15) is 15.9 Å². The normalized spacial score (nSPS) is 9.23. The lowest BCUT2D eigenvalue weighted by atomic mass is 10.1. The summed E-state index contributed by atoms with van der Waals surface area (Å²) in [6.45, 7) is 6.32. The highest BCUT2D eigenvalue weighted by molar-refractivity contribution is 5.90. The quantitative estimate of drug-likeness (QED) is 0.671. The molecule has 0 unspecified atom stereocenters. The average molecular weight is 177 g/mol. The van der Waals surface area contributed by atoms with E-state index < -0.39 is 5.97 Å². The summed E-state index contributed by atoms with van der Waals surface area (Å²) in [5.41, 5.74) is 0.630. The van der Waals surface area contributed by atoms with Crippen molar-refractivity contribution in [2.24, 2.45) is 0 Å². The van der Waals surface area contributed by atoms with Gasteiger partial charge in [0.1, 0.15) is 0 Å². The Kier molecular flexibility index (Phi) is 2.62. The summed E-state index contributed by atoms with van der Waals surface area (Å²) in [4.78, 5) is 13.7. The summed E-state index contributed by atoms with van der Waals surface area (Å²) in [6, 6.07) is 4.10. The van der Waals surface area contributed by atoms with E-state index in [1.165, 1.54) is 18.2 Å². The van der Waals surface area contributed by atoms with Gasteiger partial charge in [-0.05, 0) is 5.56 Å². The Hall–Kier alpha value is -1.86. The number of carboxylic acids is 1. The van der Waals surface area contributed by atoms with Gasteiger partial charge in [-0.1, -0.05) is 18.2 Å². The standard InChI is InChI=1S/C9H7NO3/c1-10-7-2-3-8(9(12)13)6(4-7)5-11/h2-4,11H,5H2,(H,12,13). The van der Waals surface area contributed by atoms with Crippen LogP contribution in [-0.4, -0.2) is 16.2 Å². The fraction of sp³-hybridized carbons (Fsp3) is 0.111. The third-order valence-electron chi connectivity index (χ3n) is 1.62. The van der Waals surface area contributed by atoms with Crippen LogP contribution in [0.5, 0.6) is 0 Å². The van der Waals surface area contributed by atoms with Gasteiger partial charge in [-0.2, -0.15) is 0 Å². The molecule has 1 aromatic carbocycles. The molecule has 0 aliphatic heterocycles. The largest absolute Gasteiger partial charge is 0.478 e. The molecule has 0 amide bonds. The van der Waals surface area contributed by atoms with Gasteiger partial charge >= 0.3 is 5.97 Å². The first kappa shape index (κ1) is 9.23. The molecule has 0 aliphatic carbocycles. The van der Waals surface area contributed by atoms with Gasteiger partial charge in [0.15, 0.2) is 5.69 Å². The van der Waals surface area contributed by atoms with Crippen molar-refractivity contribution in [2.75, 3.05) is 0 Å². The first-order valence-electron chi connectivity index (χ1n) is 3.53. The van der Waals surface area contributed by atoms with E-state index in [2.05, 4.69) is 4.85 Å². The smallest absolute Gasteiger partial charge is 0.335 e. The fourth-order valence-corrected chi connectivity index (χ4v) is 0.989. The minimum atomic E-state index is -1.10. The Bertz CT molecular complexity index is 379. The highest BCUT2D eigenvalue weighted by Crippen LogP contribution is 2.18. The summed E-state index contributed by atoms with van der Waals surface area (Å²) in [6.07, 6.45) is 0. The maximum absolute atomic E-state index is 10.6. The Balaban J connectivity index is 3.25. The van der Waals surface area contributed by atoms with E-state index in [1.807, 2.05) is 0 Å². The Morgan fingerprint density at radius 3 is 2.69 bits per heavy atom. The van der Waals surface area contributed by atoms with Crippen molar-refractivity contribution in [1.82, 2.24) is 0 Å². The molecule has 1 rings (SSSR count). The molecule has 2 N–H and O–H groups in total. The van der Waals surface area contributed by atoms with Gasteiger partial charge in [0.05, 0.1) is 18.7 Å². The molecule has 0 spiro atoms. The molecule has 0 radical (unpaired) electrons. The summed E-state index contributed by atoms with van der Waals surface area (Å²) in [5.74, 6) is -1.10. The second kappa shape index (κ2) is 3.70. The van der Waals surface area contributed by atoms with Crippen LogP contribution in [0.15, 0.2) is 18.2 Å². The SMILES string of the molecule is [C-]#[N+]c1ccc(C(=O)O)c(CO)c1. The summed E-state index contributed by atoms with van der Waals surface area (Å²) in [7, 11) is 0.